The van der Waals surface area contributed by atoms with Gasteiger partial charge in [-0.15, -0.1) is 5.10 Å². The van der Waals surface area contributed by atoms with E-state index >= 15 is 0 Å². The molecule has 1 aromatic rings. The van der Waals surface area contributed by atoms with Gasteiger partial charge >= 0.3 is 5.97 Å². The van der Waals surface area contributed by atoms with Crippen molar-refractivity contribution in [1.82, 2.24) is 15.0 Å². The SMILES string of the molecule is CCOCC(O)Cn1nnc(C(=O)O)c1CC. The van der Waals surface area contributed by atoms with Crippen LogP contribution in [-0.4, -0.2) is 50.5 Å². The van der Waals surface area contributed by atoms with Gasteiger partial charge in [-0.2, -0.15) is 0 Å². The van der Waals surface area contributed by atoms with Crippen molar-refractivity contribution in [2.75, 3.05) is 13.2 Å². The van der Waals surface area contributed by atoms with Gasteiger partial charge in [0.05, 0.1) is 24.9 Å². The molecular weight excluding hydrogens is 226 g/mol. The van der Waals surface area contributed by atoms with Crippen LogP contribution in [0.3, 0.4) is 0 Å². The van der Waals surface area contributed by atoms with E-state index in [1.807, 2.05) is 13.8 Å². The van der Waals surface area contributed by atoms with E-state index < -0.39 is 12.1 Å². The molecule has 0 radical (unpaired) electrons. The van der Waals surface area contributed by atoms with Crippen molar-refractivity contribution < 1.29 is 19.7 Å². The fourth-order valence-corrected chi connectivity index (χ4v) is 1.50. The van der Waals surface area contributed by atoms with Gasteiger partial charge in [-0.1, -0.05) is 12.1 Å². The summed E-state index contributed by atoms with van der Waals surface area (Å²) in [7, 11) is 0. The highest BCUT2D eigenvalue weighted by Crippen LogP contribution is 2.07. The molecule has 17 heavy (non-hydrogen) atoms. The molecule has 0 aliphatic heterocycles. The topological polar surface area (TPSA) is 97.5 Å². The van der Waals surface area contributed by atoms with Gasteiger partial charge in [0.15, 0.2) is 5.69 Å². The number of hydrogen-bond donors (Lipinski definition) is 2. The maximum atomic E-state index is 10.8. The van der Waals surface area contributed by atoms with E-state index in [1.54, 1.807) is 0 Å². The molecular formula is C10H17N3O4. The molecule has 1 heterocycles. The Hall–Kier alpha value is -1.47. The molecule has 1 atom stereocenters. The molecule has 1 unspecified atom stereocenters. The van der Waals surface area contributed by atoms with Crippen molar-refractivity contribution in [3.05, 3.63) is 11.4 Å². The summed E-state index contributed by atoms with van der Waals surface area (Å²) in [6.45, 7) is 4.56. The Kier molecular flexibility index (Phi) is 5.05. The van der Waals surface area contributed by atoms with E-state index in [0.717, 1.165) is 0 Å². The molecule has 0 spiro atoms. The second kappa shape index (κ2) is 6.31. The highest BCUT2D eigenvalue weighted by atomic mass is 16.5. The van der Waals surface area contributed by atoms with Crippen LogP contribution in [0.4, 0.5) is 0 Å². The molecule has 0 aliphatic carbocycles. The van der Waals surface area contributed by atoms with Gasteiger partial charge in [-0.25, -0.2) is 9.48 Å². The quantitative estimate of drug-likeness (QED) is 0.696. The lowest BCUT2D eigenvalue weighted by Crippen LogP contribution is -2.24. The van der Waals surface area contributed by atoms with E-state index in [9.17, 15) is 9.90 Å². The van der Waals surface area contributed by atoms with Gasteiger partial charge in [0.1, 0.15) is 0 Å². The van der Waals surface area contributed by atoms with Crippen LogP contribution in [-0.2, 0) is 17.7 Å². The van der Waals surface area contributed by atoms with Crippen molar-refractivity contribution in [2.45, 2.75) is 32.9 Å². The molecule has 7 nitrogen and oxygen atoms in total. The summed E-state index contributed by atoms with van der Waals surface area (Å²) < 4.78 is 6.48. The van der Waals surface area contributed by atoms with E-state index in [4.69, 9.17) is 9.84 Å². The third-order valence-corrected chi connectivity index (χ3v) is 2.27. The number of carboxylic acid groups (broad SMARTS) is 1. The van der Waals surface area contributed by atoms with Gasteiger partial charge in [0, 0.05) is 6.61 Å². The third-order valence-electron chi connectivity index (χ3n) is 2.27. The first-order valence-electron chi connectivity index (χ1n) is 5.51. The zero-order valence-electron chi connectivity index (χ0n) is 9.96. The normalized spacial score (nSPS) is 12.6. The molecule has 0 saturated carbocycles. The molecule has 0 aromatic carbocycles. The van der Waals surface area contributed by atoms with E-state index in [-0.39, 0.29) is 18.8 Å². The summed E-state index contributed by atoms with van der Waals surface area (Å²) in [6, 6.07) is 0. The standard InChI is InChI=1S/C10H17N3O4/c1-3-8-9(10(15)16)11-12-13(8)5-7(14)6-17-4-2/h7,14H,3-6H2,1-2H3,(H,15,16). The predicted molar refractivity (Wildman–Crippen MR) is 58.9 cm³/mol. The Bertz CT molecular complexity index is 378. The molecule has 1 aromatic heterocycles. The maximum Gasteiger partial charge on any atom is 0.358 e. The monoisotopic (exact) mass is 243 g/mol. The lowest BCUT2D eigenvalue weighted by molar-refractivity contribution is 0.0309. The predicted octanol–water partition coefficient (Wildman–Crippen LogP) is -0.0639. The molecule has 2 N–H and O–H groups in total. The number of carboxylic acids is 1. The highest BCUT2D eigenvalue weighted by molar-refractivity contribution is 5.86. The summed E-state index contributed by atoms with van der Waals surface area (Å²) in [5, 5.41) is 25.8. The van der Waals surface area contributed by atoms with Gasteiger partial charge < -0.3 is 14.9 Å². The Morgan fingerprint density at radius 3 is 2.76 bits per heavy atom. The minimum absolute atomic E-state index is 0.0592. The van der Waals surface area contributed by atoms with Crippen molar-refractivity contribution in [2.24, 2.45) is 0 Å². The first-order valence-corrected chi connectivity index (χ1v) is 5.51. The molecule has 1 rings (SSSR count). The number of aromatic carboxylic acids is 1. The summed E-state index contributed by atoms with van der Waals surface area (Å²) in [6.07, 6.45) is -0.223. The Labute approximate surface area is 99.0 Å². The molecule has 0 aliphatic rings. The van der Waals surface area contributed by atoms with Crippen LogP contribution in [0.1, 0.15) is 30.0 Å². The number of hydrogen-bond acceptors (Lipinski definition) is 5. The van der Waals surface area contributed by atoms with Crippen LogP contribution >= 0.6 is 0 Å². The average molecular weight is 243 g/mol. The maximum absolute atomic E-state index is 10.8. The summed E-state index contributed by atoms with van der Waals surface area (Å²) in [5.41, 5.74) is 0.448. The number of aliphatic hydroxyl groups excluding tert-OH is 1. The van der Waals surface area contributed by atoms with Crippen molar-refractivity contribution in [3.8, 4) is 0 Å². The Morgan fingerprint density at radius 1 is 1.53 bits per heavy atom. The molecule has 7 heteroatoms. The molecule has 0 saturated heterocycles. The second-order valence-corrected chi connectivity index (χ2v) is 3.54. The van der Waals surface area contributed by atoms with Gasteiger partial charge in [0.25, 0.3) is 0 Å². The van der Waals surface area contributed by atoms with Gasteiger partial charge in [0.2, 0.25) is 0 Å². The molecule has 96 valence electrons. The number of aromatic nitrogens is 3. The number of nitrogens with zero attached hydrogens (tertiary/aromatic N) is 3. The van der Waals surface area contributed by atoms with E-state index in [0.29, 0.717) is 18.7 Å². The number of ether oxygens (including phenoxy) is 1. The van der Waals surface area contributed by atoms with Crippen LogP contribution < -0.4 is 0 Å². The fourth-order valence-electron chi connectivity index (χ4n) is 1.50. The van der Waals surface area contributed by atoms with Crippen molar-refractivity contribution in [3.63, 3.8) is 0 Å². The van der Waals surface area contributed by atoms with Crippen LogP contribution in [0.25, 0.3) is 0 Å². The summed E-state index contributed by atoms with van der Waals surface area (Å²) in [5.74, 6) is -1.10. The van der Waals surface area contributed by atoms with Crippen molar-refractivity contribution in [1.29, 1.82) is 0 Å². The van der Waals surface area contributed by atoms with E-state index in [2.05, 4.69) is 10.3 Å². The van der Waals surface area contributed by atoms with Crippen LogP contribution in [0.15, 0.2) is 0 Å². The molecule has 0 bridgehead atoms. The number of rotatable bonds is 7. The zero-order chi connectivity index (χ0) is 12.8. The smallest absolute Gasteiger partial charge is 0.358 e. The first-order chi connectivity index (χ1) is 8.10. The largest absolute Gasteiger partial charge is 0.476 e. The van der Waals surface area contributed by atoms with Crippen LogP contribution in [0.5, 0.6) is 0 Å². The highest BCUT2D eigenvalue weighted by Gasteiger charge is 2.18. The van der Waals surface area contributed by atoms with Gasteiger partial charge in [-0.05, 0) is 13.3 Å². The summed E-state index contributed by atoms with van der Waals surface area (Å²) in [4.78, 5) is 10.8. The van der Waals surface area contributed by atoms with E-state index in [1.165, 1.54) is 4.68 Å². The molecule has 0 fully saturated rings. The van der Waals surface area contributed by atoms with Gasteiger partial charge in [-0.3, -0.25) is 0 Å². The first kappa shape index (κ1) is 13.6. The average Bonchev–Trinajstić information content (AvgIpc) is 2.69. The van der Waals surface area contributed by atoms with Crippen LogP contribution in [0.2, 0.25) is 0 Å². The summed E-state index contributed by atoms with van der Waals surface area (Å²) >= 11 is 0. The molecule has 0 amide bonds. The second-order valence-electron chi connectivity index (χ2n) is 3.54. The minimum atomic E-state index is -1.10. The number of carbonyl (C=O) groups is 1. The number of aliphatic hydroxyl groups is 1. The fraction of sp³-hybridized carbons (Fsp3) is 0.700. The lowest BCUT2D eigenvalue weighted by Gasteiger charge is -2.11. The zero-order valence-corrected chi connectivity index (χ0v) is 9.96. The lowest BCUT2D eigenvalue weighted by atomic mass is 10.2. The minimum Gasteiger partial charge on any atom is -0.476 e. The Balaban J connectivity index is 2.74. The third kappa shape index (κ3) is 3.50. The van der Waals surface area contributed by atoms with Crippen LogP contribution in [0, 0.1) is 0 Å². The van der Waals surface area contributed by atoms with Crippen molar-refractivity contribution >= 4 is 5.97 Å². The Morgan fingerprint density at radius 2 is 2.24 bits per heavy atom.